The number of carbonyl (C=O) groups is 2. The summed E-state index contributed by atoms with van der Waals surface area (Å²) in [6, 6.07) is 8.63. The number of aryl methyl sites for hydroxylation is 2. The number of anilines is 1. The van der Waals surface area contributed by atoms with Crippen molar-refractivity contribution in [3.8, 4) is 16.3 Å². The number of benzene rings is 2. The first kappa shape index (κ1) is 26.8. The topological polar surface area (TPSA) is 97.4 Å². The molecule has 0 radical (unpaired) electrons. The van der Waals surface area contributed by atoms with Crippen molar-refractivity contribution in [2.75, 3.05) is 19.0 Å². The van der Waals surface area contributed by atoms with E-state index in [4.69, 9.17) is 9.51 Å². The Morgan fingerprint density at radius 2 is 1.93 bits per heavy atom. The third kappa shape index (κ3) is 4.57. The molecule has 1 aliphatic heterocycles. The van der Waals surface area contributed by atoms with Crippen molar-refractivity contribution in [2.45, 2.75) is 39.2 Å². The number of thiazole rings is 1. The Labute approximate surface area is 238 Å². The number of hydrogen-bond acceptors (Lipinski definition) is 7. The van der Waals surface area contributed by atoms with Gasteiger partial charge in [0, 0.05) is 37.8 Å². The number of aromatic nitrogens is 4. The second-order valence-corrected chi connectivity index (χ2v) is 11.2. The Morgan fingerprint density at radius 1 is 1.12 bits per heavy atom. The Bertz CT molecular complexity index is 1800. The minimum Gasteiger partial charge on any atom is -0.361 e. The molecule has 1 atom stereocenters. The number of fused-ring (bicyclic) bond motifs is 1. The standard InChI is InChI=1S/C29H26F2N6O3S/c1-15-26(16(2)40-34-15)17-8-11-22-21(12-17)33-27(37(22)29-32-14-24(41-29)28(39)35(3)4)23-6-5-7-25(38)36(23)18-9-10-19(30)20(31)13-18/h8-14,23H,5-7H2,1-4H3. The van der Waals surface area contributed by atoms with Gasteiger partial charge in [0.25, 0.3) is 5.91 Å². The second kappa shape index (κ2) is 10.2. The first-order valence-electron chi connectivity index (χ1n) is 13.0. The van der Waals surface area contributed by atoms with E-state index >= 15 is 0 Å². The number of carbonyl (C=O) groups excluding carboxylic acids is 2. The molecule has 0 saturated carbocycles. The Morgan fingerprint density at radius 3 is 2.63 bits per heavy atom. The largest absolute Gasteiger partial charge is 0.361 e. The summed E-state index contributed by atoms with van der Waals surface area (Å²) in [7, 11) is 3.34. The van der Waals surface area contributed by atoms with Crippen LogP contribution in [0.25, 0.3) is 27.3 Å². The summed E-state index contributed by atoms with van der Waals surface area (Å²) in [6.07, 6.45) is 2.93. The molecule has 1 unspecified atom stereocenters. The van der Waals surface area contributed by atoms with Crippen LogP contribution in [-0.4, -0.2) is 50.5 Å². The maximum atomic E-state index is 14.3. The van der Waals surface area contributed by atoms with E-state index in [0.29, 0.717) is 40.0 Å². The molecule has 0 N–H and O–H groups in total. The summed E-state index contributed by atoms with van der Waals surface area (Å²) in [4.78, 5) is 39.0. The van der Waals surface area contributed by atoms with Gasteiger partial charge in [0.15, 0.2) is 16.8 Å². The number of amides is 2. The van der Waals surface area contributed by atoms with E-state index in [1.165, 1.54) is 33.4 Å². The van der Waals surface area contributed by atoms with Crippen molar-refractivity contribution in [3.05, 3.63) is 76.4 Å². The molecule has 1 aliphatic rings. The fourth-order valence-electron chi connectivity index (χ4n) is 5.34. The van der Waals surface area contributed by atoms with Crippen LogP contribution in [0.15, 0.2) is 47.1 Å². The van der Waals surface area contributed by atoms with E-state index in [9.17, 15) is 18.4 Å². The van der Waals surface area contributed by atoms with Crippen LogP contribution in [-0.2, 0) is 4.79 Å². The van der Waals surface area contributed by atoms with Gasteiger partial charge in [-0.15, -0.1) is 0 Å². The third-order valence-electron chi connectivity index (χ3n) is 7.23. The van der Waals surface area contributed by atoms with Crippen molar-refractivity contribution < 1.29 is 22.9 Å². The average Bonchev–Trinajstić information content (AvgIpc) is 3.66. The first-order chi connectivity index (χ1) is 19.6. The van der Waals surface area contributed by atoms with E-state index < -0.39 is 17.7 Å². The van der Waals surface area contributed by atoms with Crippen molar-refractivity contribution in [1.82, 2.24) is 24.6 Å². The van der Waals surface area contributed by atoms with Crippen molar-refractivity contribution in [3.63, 3.8) is 0 Å². The summed E-state index contributed by atoms with van der Waals surface area (Å²) in [5.74, 6) is -1.25. The molecule has 9 nitrogen and oxygen atoms in total. The number of imidazole rings is 1. The minimum atomic E-state index is -1.04. The first-order valence-corrected chi connectivity index (χ1v) is 13.9. The SMILES string of the molecule is Cc1noc(C)c1-c1ccc2c(c1)nc(C1CCCC(=O)N1c1ccc(F)c(F)c1)n2-c1ncc(C(=O)N(C)C)s1. The lowest BCUT2D eigenvalue weighted by atomic mass is 9.99. The van der Waals surface area contributed by atoms with Crippen LogP contribution in [0.4, 0.5) is 14.5 Å². The molecule has 1 fully saturated rings. The molecule has 3 aromatic heterocycles. The van der Waals surface area contributed by atoms with E-state index in [0.717, 1.165) is 34.5 Å². The molecular weight excluding hydrogens is 550 g/mol. The molecule has 2 aromatic carbocycles. The monoisotopic (exact) mass is 576 g/mol. The maximum Gasteiger partial charge on any atom is 0.265 e. The van der Waals surface area contributed by atoms with Gasteiger partial charge in [-0.3, -0.25) is 14.2 Å². The van der Waals surface area contributed by atoms with Gasteiger partial charge in [0.1, 0.15) is 16.5 Å². The highest BCUT2D eigenvalue weighted by molar-refractivity contribution is 7.16. The van der Waals surface area contributed by atoms with Crippen LogP contribution in [0.2, 0.25) is 0 Å². The van der Waals surface area contributed by atoms with Crippen LogP contribution in [0, 0.1) is 25.5 Å². The zero-order valence-corrected chi connectivity index (χ0v) is 23.6. The lowest BCUT2D eigenvalue weighted by molar-refractivity contribution is -0.120. The van der Waals surface area contributed by atoms with Gasteiger partial charge in [-0.2, -0.15) is 0 Å². The molecule has 210 valence electrons. The molecule has 0 aliphatic carbocycles. The quantitative estimate of drug-likeness (QED) is 0.255. The lowest BCUT2D eigenvalue weighted by Crippen LogP contribution is -2.39. The van der Waals surface area contributed by atoms with Gasteiger partial charge in [0.05, 0.1) is 29.0 Å². The van der Waals surface area contributed by atoms with Gasteiger partial charge in [-0.25, -0.2) is 18.7 Å². The van der Waals surface area contributed by atoms with Crippen LogP contribution in [0.3, 0.4) is 0 Å². The molecule has 0 bridgehead atoms. The Hall–Kier alpha value is -4.45. The molecule has 1 saturated heterocycles. The van der Waals surface area contributed by atoms with Gasteiger partial charge in [-0.1, -0.05) is 22.6 Å². The highest BCUT2D eigenvalue weighted by Gasteiger charge is 2.35. The van der Waals surface area contributed by atoms with E-state index in [1.807, 2.05) is 36.6 Å². The van der Waals surface area contributed by atoms with E-state index in [-0.39, 0.29) is 23.9 Å². The summed E-state index contributed by atoms with van der Waals surface area (Å²) in [5, 5.41) is 4.57. The van der Waals surface area contributed by atoms with E-state index in [2.05, 4.69) is 10.1 Å². The van der Waals surface area contributed by atoms with Crippen molar-refractivity contribution >= 4 is 39.9 Å². The highest BCUT2D eigenvalue weighted by Crippen LogP contribution is 2.40. The Kier molecular flexibility index (Phi) is 6.65. The summed E-state index contributed by atoms with van der Waals surface area (Å²) >= 11 is 1.21. The zero-order valence-electron chi connectivity index (χ0n) is 22.8. The van der Waals surface area contributed by atoms with E-state index in [1.54, 1.807) is 14.1 Å². The number of halogens is 2. The maximum absolute atomic E-state index is 14.3. The van der Waals surface area contributed by atoms with Gasteiger partial charge >= 0.3 is 0 Å². The molecule has 6 rings (SSSR count). The fourth-order valence-corrected chi connectivity index (χ4v) is 6.30. The van der Waals surface area contributed by atoms with Crippen molar-refractivity contribution in [1.29, 1.82) is 0 Å². The average molecular weight is 577 g/mol. The molecule has 41 heavy (non-hydrogen) atoms. The smallest absolute Gasteiger partial charge is 0.265 e. The number of rotatable bonds is 5. The molecule has 5 aromatic rings. The van der Waals surface area contributed by atoms with Gasteiger partial charge in [0.2, 0.25) is 5.91 Å². The van der Waals surface area contributed by atoms with Gasteiger partial charge < -0.3 is 14.3 Å². The van der Waals surface area contributed by atoms with Crippen LogP contribution in [0.1, 0.15) is 52.3 Å². The molecule has 0 spiro atoms. The lowest BCUT2D eigenvalue weighted by Gasteiger charge is -2.35. The fraction of sp³-hybridized carbons (Fsp3) is 0.276. The van der Waals surface area contributed by atoms with Gasteiger partial charge in [-0.05, 0) is 56.5 Å². The summed E-state index contributed by atoms with van der Waals surface area (Å²) in [5.41, 5.74) is 4.08. The van der Waals surface area contributed by atoms with Crippen LogP contribution >= 0.6 is 11.3 Å². The number of hydrogen-bond donors (Lipinski definition) is 0. The zero-order chi connectivity index (χ0) is 29.0. The van der Waals surface area contributed by atoms with Crippen molar-refractivity contribution in [2.24, 2.45) is 0 Å². The molecule has 4 heterocycles. The number of piperidine rings is 1. The summed E-state index contributed by atoms with van der Waals surface area (Å²) < 4.78 is 35.3. The second-order valence-electron chi connectivity index (χ2n) is 10.2. The highest BCUT2D eigenvalue weighted by atomic mass is 32.1. The predicted octanol–water partition coefficient (Wildman–Crippen LogP) is 5.99. The molecule has 12 heteroatoms. The Balaban J connectivity index is 1.56. The number of nitrogens with zero attached hydrogens (tertiary/aromatic N) is 6. The third-order valence-corrected chi connectivity index (χ3v) is 8.20. The minimum absolute atomic E-state index is 0.184. The van der Waals surface area contributed by atoms with Crippen LogP contribution < -0.4 is 4.90 Å². The predicted molar refractivity (Wildman–Crippen MR) is 150 cm³/mol. The normalized spacial score (nSPS) is 15.6. The molecular formula is C29H26F2N6O3S. The summed E-state index contributed by atoms with van der Waals surface area (Å²) in [6.45, 7) is 3.71. The molecule has 2 amide bonds. The van der Waals surface area contributed by atoms with Crippen LogP contribution in [0.5, 0.6) is 0 Å².